The fourth-order valence-electron chi connectivity index (χ4n) is 5.05. The van der Waals surface area contributed by atoms with Crippen LogP contribution in [0.2, 0.25) is 0 Å². The minimum atomic E-state index is -0.297. The molecular formula is C22H26FNO3. The average molecular weight is 371 g/mol. The van der Waals surface area contributed by atoms with Crippen molar-refractivity contribution >= 4 is 0 Å². The van der Waals surface area contributed by atoms with E-state index in [0.717, 1.165) is 50.0 Å². The van der Waals surface area contributed by atoms with Crippen molar-refractivity contribution in [2.24, 2.45) is 0 Å². The van der Waals surface area contributed by atoms with Gasteiger partial charge in [-0.3, -0.25) is 0 Å². The van der Waals surface area contributed by atoms with E-state index in [4.69, 9.17) is 18.9 Å². The van der Waals surface area contributed by atoms with E-state index >= 15 is 0 Å². The molecule has 6 rings (SSSR count). The molecule has 1 aromatic heterocycles. The van der Waals surface area contributed by atoms with Crippen molar-refractivity contribution in [1.29, 1.82) is 0 Å². The van der Waals surface area contributed by atoms with Gasteiger partial charge in [-0.1, -0.05) is 25.0 Å². The summed E-state index contributed by atoms with van der Waals surface area (Å²) < 4.78 is 32.7. The van der Waals surface area contributed by atoms with Gasteiger partial charge in [0, 0.05) is 5.56 Å². The molecule has 1 aromatic carbocycles. The zero-order valence-electron chi connectivity index (χ0n) is 15.6. The van der Waals surface area contributed by atoms with Crippen LogP contribution in [0.1, 0.15) is 74.4 Å². The Bertz CT molecular complexity index is 804. The van der Waals surface area contributed by atoms with Crippen molar-refractivity contribution in [3.05, 3.63) is 47.4 Å². The number of benzene rings is 1. The largest absolute Gasteiger partial charge is 0.484 e. The predicted octanol–water partition coefficient (Wildman–Crippen LogP) is 5.26. The summed E-state index contributed by atoms with van der Waals surface area (Å²) in [7, 11) is 0. The maximum atomic E-state index is 14.5. The Morgan fingerprint density at radius 2 is 1.89 bits per heavy atom. The number of rotatable bonds is 0. The fourth-order valence-corrected chi connectivity index (χ4v) is 5.05. The summed E-state index contributed by atoms with van der Waals surface area (Å²) in [4.78, 5) is 4.70. The normalized spacial score (nSPS) is 27.1. The number of hydrogen-bond acceptors (Lipinski definition) is 4. The Morgan fingerprint density at radius 1 is 1.07 bits per heavy atom. The standard InChI is InChI=1S/C22H26FNO3/c23-19-5-3-4-18-15-6-8-17(9-7-15)27-14-22(10-1-2-11-22)21-24-16(13-26-21)12-25-20(18)19/h3-5,13,15,17H,1-2,6-12,14H2. The van der Waals surface area contributed by atoms with E-state index in [0.29, 0.717) is 24.0 Å². The SMILES string of the molecule is Fc1cccc2c1OCc1coc(n1)C1(CCCC1)COC1CCC2CC1. The number of oxazole rings is 1. The summed E-state index contributed by atoms with van der Waals surface area (Å²) in [5.41, 5.74) is 1.58. The molecule has 4 aliphatic rings. The molecule has 0 amide bonds. The van der Waals surface area contributed by atoms with Crippen molar-refractivity contribution in [2.45, 2.75) is 75.4 Å². The third kappa shape index (κ3) is 3.16. The molecule has 5 heteroatoms. The molecule has 4 nitrogen and oxygen atoms in total. The van der Waals surface area contributed by atoms with Gasteiger partial charge in [-0.2, -0.15) is 0 Å². The molecule has 0 N–H and O–H groups in total. The minimum absolute atomic E-state index is 0.109. The second-order valence-corrected chi connectivity index (χ2v) is 8.36. The summed E-state index contributed by atoms with van der Waals surface area (Å²) in [5, 5.41) is 0. The predicted molar refractivity (Wildman–Crippen MR) is 98.3 cm³/mol. The molecule has 1 spiro atoms. The molecule has 2 aliphatic heterocycles. The Balaban J connectivity index is 1.51. The van der Waals surface area contributed by atoms with Crippen molar-refractivity contribution < 1.29 is 18.3 Å². The van der Waals surface area contributed by atoms with Gasteiger partial charge in [0.25, 0.3) is 0 Å². The maximum Gasteiger partial charge on any atom is 0.202 e. The lowest BCUT2D eigenvalue weighted by molar-refractivity contribution is -0.00988. The molecule has 144 valence electrons. The lowest BCUT2D eigenvalue weighted by Gasteiger charge is -2.33. The molecule has 0 radical (unpaired) electrons. The molecule has 3 heterocycles. The molecule has 27 heavy (non-hydrogen) atoms. The van der Waals surface area contributed by atoms with Crippen LogP contribution in [0.15, 0.2) is 28.9 Å². The Hall–Kier alpha value is -1.88. The summed E-state index contributed by atoms with van der Waals surface area (Å²) >= 11 is 0. The molecule has 0 atom stereocenters. The molecule has 2 aliphatic carbocycles. The molecule has 4 bridgehead atoms. The van der Waals surface area contributed by atoms with Crippen LogP contribution >= 0.6 is 0 Å². The van der Waals surface area contributed by atoms with E-state index < -0.39 is 0 Å². The molecular weight excluding hydrogens is 345 g/mol. The number of para-hydroxylation sites is 1. The van der Waals surface area contributed by atoms with Crippen molar-refractivity contribution in [2.75, 3.05) is 6.61 Å². The monoisotopic (exact) mass is 371 g/mol. The molecule has 2 fully saturated rings. The van der Waals surface area contributed by atoms with Crippen LogP contribution in [0.3, 0.4) is 0 Å². The topological polar surface area (TPSA) is 44.5 Å². The highest BCUT2D eigenvalue weighted by molar-refractivity contribution is 5.38. The Kier molecular flexibility index (Phi) is 4.43. The van der Waals surface area contributed by atoms with Crippen LogP contribution in [0.4, 0.5) is 4.39 Å². The lowest BCUT2D eigenvalue weighted by Crippen LogP contribution is -2.33. The zero-order valence-corrected chi connectivity index (χ0v) is 15.6. The van der Waals surface area contributed by atoms with Gasteiger partial charge in [-0.05, 0) is 50.5 Å². The fraction of sp³-hybridized carbons (Fsp3) is 0.591. The second-order valence-electron chi connectivity index (χ2n) is 8.36. The van der Waals surface area contributed by atoms with Crippen LogP contribution in [0.5, 0.6) is 5.75 Å². The van der Waals surface area contributed by atoms with E-state index in [1.54, 1.807) is 12.3 Å². The lowest BCUT2D eigenvalue weighted by atomic mass is 9.82. The summed E-state index contributed by atoms with van der Waals surface area (Å²) in [6.07, 6.45) is 10.4. The van der Waals surface area contributed by atoms with Crippen molar-refractivity contribution in [3.8, 4) is 5.75 Å². The van der Waals surface area contributed by atoms with Crippen molar-refractivity contribution in [3.63, 3.8) is 0 Å². The smallest absolute Gasteiger partial charge is 0.202 e. The highest BCUT2D eigenvalue weighted by Crippen LogP contribution is 2.44. The van der Waals surface area contributed by atoms with Gasteiger partial charge >= 0.3 is 0 Å². The average Bonchev–Trinajstić information content (AvgIpc) is 3.35. The zero-order chi connectivity index (χ0) is 18.3. The summed E-state index contributed by atoms with van der Waals surface area (Å²) in [6.45, 7) is 0.915. The molecule has 2 aromatic rings. The number of nitrogens with zero attached hydrogens (tertiary/aromatic N) is 1. The number of fused-ring (bicyclic) bond motifs is 4. The highest BCUT2D eigenvalue weighted by atomic mass is 19.1. The van der Waals surface area contributed by atoms with Gasteiger partial charge in [-0.25, -0.2) is 9.37 Å². The van der Waals surface area contributed by atoms with E-state index in [2.05, 4.69) is 0 Å². The summed E-state index contributed by atoms with van der Waals surface area (Å²) in [5.74, 6) is 1.16. The van der Waals surface area contributed by atoms with Gasteiger partial charge in [0.15, 0.2) is 11.6 Å². The quantitative estimate of drug-likeness (QED) is 0.633. The summed E-state index contributed by atoms with van der Waals surface area (Å²) in [6, 6.07) is 5.25. The van der Waals surface area contributed by atoms with Gasteiger partial charge in [-0.15, -0.1) is 0 Å². The molecule has 0 unspecified atom stereocenters. The first-order valence-electron chi connectivity index (χ1n) is 10.2. The van der Waals surface area contributed by atoms with Gasteiger partial charge in [0.05, 0.1) is 18.1 Å². The third-order valence-corrected chi connectivity index (χ3v) is 6.64. The number of aromatic nitrogens is 1. The number of hydrogen-bond donors (Lipinski definition) is 0. The van der Waals surface area contributed by atoms with E-state index in [1.165, 1.54) is 18.9 Å². The van der Waals surface area contributed by atoms with Crippen molar-refractivity contribution in [1.82, 2.24) is 4.98 Å². The van der Waals surface area contributed by atoms with E-state index in [1.807, 2.05) is 6.07 Å². The maximum absolute atomic E-state index is 14.5. The highest BCUT2D eigenvalue weighted by Gasteiger charge is 2.41. The molecule has 2 saturated carbocycles. The van der Waals surface area contributed by atoms with Crippen LogP contribution in [0, 0.1) is 5.82 Å². The Morgan fingerprint density at radius 3 is 2.70 bits per heavy atom. The molecule has 0 saturated heterocycles. The van der Waals surface area contributed by atoms with Gasteiger partial charge in [0.2, 0.25) is 5.89 Å². The van der Waals surface area contributed by atoms with Crippen LogP contribution in [0.25, 0.3) is 0 Å². The third-order valence-electron chi connectivity index (χ3n) is 6.64. The second kappa shape index (κ2) is 6.93. The first-order chi connectivity index (χ1) is 13.2. The van der Waals surface area contributed by atoms with Crippen LogP contribution in [-0.2, 0) is 16.8 Å². The minimum Gasteiger partial charge on any atom is -0.484 e. The number of ether oxygens (including phenoxy) is 2. The van der Waals surface area contributed by atoms with E-state index in [9.17, 15) is 4.39 Å². The Labute approximate surface area is 159 Å². The van der Waals surface area contributed by atoms with E-state index in [-0.39, 0.29) is 23.9 Å². The van der Waals surface area contributed by atoms with Gasteiger partial charge < -0.3 is 13.9 Å². The van der Waals surface area contributed by atoms with Gasteiger partial charge in [0.1, 0.15) is 18.6 Å². The first-order valence-corrected chi connectivity index (χ1v) is 10.2. The van der Waals surface area contributed by atoms with Crippen LogP contribution < -0.4 is 4.74 Å². The van der Waals surface area contributed by atoms with Crippen LogP contribution in [-0.4, -0.2) is 17.7 Å². The first kappa shape index (κ1) is 17.2. The number of halogens is 1.